The normalized spacial score (nSPS) is 19.3. The van der Waals surface area contributed by atoms with Gasteiger partial charge in [-0.3, -0.25) is 0 Å². The van der Waals surface area contributed by atoms with Gasteiger partial charge in [-0.05, 0) is 21.6 Å². The molecule has 0 bridgehead atoms. The molecule has 0 aliphatic carbocycles. The van der Waals surface area contributed by atoms with Gasteiger partial charge >= 0.3 is 0 Å². The lowest BCUT2D eigenvalue weighted by Crippen LogP contribution is -2.42. The topological polar surface area (TPSA) is 0 Å². The van der Waals surface area contributed by atoms with Crippen molar-refractivity contribution in [1.82, 2.24) is 0 Å². The monoisotopic (exact) mass is 216 g/mol. The standard InChI is InChI=1S/C13H29P/c1-10(2)13(9,11(3,4)5)14-12(6,7)8/h10,14H,1-9H3. The summed E-state index contributed by atoms with van der Waals surface area (Å²) in [5, 5.41) is 0.900. The quantitative estimate of drug-likeness (QED) is 0.574. The van der Waals surface area contributed by atoms with E-state index in [1.807, 2.05) is 0 Å². The first-order valence-electron chi connectivity index (χ1n) is 5.69. The van der Waals surface area contributed by atoms with Crippen molar-refractivity contribution in [2.45, 2.75) is 72.6 Å². The number of hydrogen-bond acceptors (Lipinski definition) is 0. The summed E-state index contributed by atoms with van der Waals surface area (Å²) in [5.74, 6) is 0.750. The molecule has 0 spiro atoms. The van der Waals surface area contributed by atoms with Crippen LogP contribution in [0.15, 0.2) is 0 Å². The predicted molar refractivity (Wildman–Crippen MR) is 70.8 cm³/mol. The molecule has 86 valence electrons. The van der Waals surface area contributed by atoms with Crippen molar-refractivity contribution in [3.8, 4) is 0 Å². The average Bonchev–Trinajstić information content (AvgIpc) is 1.79. The Morgan fingerprint density at radius 2 is 1.14 bits per heavy atom. The zero-order valence-electron chi connectivity index (χ0n) is 11.6. The Morgan fingerprint density at radius 1 is 0.786 bits per heavy atom. The highest BCUT2D eigenvalue weighted by Gasteiger charge is 2.42. The lowest BCUT2D eigenvalue weighted by atomic mass is 9.74. The molecule has 0 aromatic rings. The Labute approximate surface area is 93.0 Å². The van der Waals surface area contributed by atoms with Crippen molar-refractivity contribution < 1.29 is 0 Å². The van der Waals surface area contributed by atoms with Crippen molar-refractivity contribution >= 4 is 8.58 Å². The molecule has 0 aliphatic rings. The Kier molecular flexibility index (Phi) is 4.25. The Morgan fingerprint density at radius 3 is 1.21 bits per heavy atom. The van der Waals surface area contributed by atoms with Gasteiger partial charge in [0.05, 0.1) is 0 Å². The van der Waals surface area contributed by atoms with Crippen LogP contribution >= 0.6 is 8.58 Å². The zero-order valence-corrected chi connectivity index (χ0v) is 12.6. The third-order valence-electron chi connectivity index (χ3n) is 3.35. The average molecular weight is 216 g/mol. The van der Waals surface area contributed by atoms with Crippen molar-refractivity contribution in [3.05, 3.63) is 0 Å². The van der Waals surface area contributed by atoms with Crippen LogP contribution in [0.2, 0.25) is 0 Å². The van der Waals surface area contributed by atoms with Crippen LogP contribution in [-0.4, -0.2) is 10.3 Å². The van der Waals surface area contributed by atoms with E-state index in [1.54, 1.807) is 0 Å². The lowest BCUT2D eigenvalue weighted by molar-refractivity contribution is 0.232. The van der Waals surface area contributed by atoms with Gasteiger partial charge in [0.1, 0.15) is 0 Å². The van der Waals surface area contributed by atoms with Gasteiger partial charge in [-0.1, -0.05) is 62.3 Å². The first kappa shape index (κ1) is 14.4. The summed E-state index contributed by atoms with van der Waals surface area (Å²) in [6.07, 6.45) is 0. The highest BCUT2D eigenvalue weighted by atomic mass is 31.1. The molecule has 1 heteroatoms. The molecule has 0 saturated heterocycles. The first-order valence-corrected chi connectivity index (χ1v) is 6.69. The van der Waals surface area contributed by atoms with E-state index < -0.39 is 0 Å². The summed E-state index contributed by atoms with van der Waals surface area (Å²) < 4.78 is 0. The number of hydrogen-bond donors (Lipinski definition) is 0. The van der Waals surface area contributed by atoms with Gasteiger partial charge in [0.25, 0.3) is 0 Å². The maximum absolute atomic E-state index is 2.46. The highest BCUT2D eigenvalue weighted by Crippen LogP contribution is 2.55. The fourth-order valence-corrected chi connectivity index (χ4v) is 4.20. The molecule has 0 radical (unpaired) electrons. The van der Waals surface area contributed by atoms with Crippen LogP contribution < -0.4 is 0 Å². The summed E-state index contributed by atoms with van der Waals surface area (Å²) in [6.45, 7) is 21.4. The Hall–Kier alpha value is 0.430. The summed E-state index contributed by atoms with van der Waals surface area (Å²) >= 11 is 0. The van der Waals surface area contributed by atoms with Gasteiger partial charge in [0.2, 0.25) is 0 Å². The fourth-order valence-electron chi connectivity index (χ4n) is 1.98. The molecule has 14 heavy (non-hydrogen) atoms. The summed E-state index contributed by atoms with van der Waals surface area (Å²) in [4.78, 5) is 0. The molecule has 2 atom stereocenters. The third-order valence-corrected chi connectivity index (χ3v) is 5.94. The minimum Gasteiger partial charge on any atom is -0.110 e. The van der Waals surface area contributed by atoms with Crippen LogP contribution in [0.5, 0.6) is 0 Å². The molecular weight excluding hydrogens is 187 g/mol. The van der Waals surface area contributed by atoms with E-state index in [2.05, 4.69) is 62.3 Å². The van der Waals surface area contributed by atoms with Gasteiger partial charge in [-0.15, -0.1) is 8.58 Å². The van der Waals surface area contributed by atoms with Gasteiger partial charge in [-0.25, -0.2) is 0 Å². The molecule has 0 fully saturated rings. The summed E-state index contributed by atoms with van der Waals surface area (Å²) in [6, 6.07) is 0. The maximum atomic E-state index is 2.46. The smallest absolute Gasteiger partial charge is 0.00741 e. The van der Waals surface area contributed by atoms with Crippen LogP contribution in [-0.2, 0) is 0 Å². The minimum absolute atomic E-state index is 0.396. The molecule has 0 aliphatic heterocycles. The lowest BCUT2D eigenvalue weighted by Gasteiger charge is -2.49. The Bertz CT molecular complexity index is 180. The molecule has 2 unspecified atom stereocenters. The van der Waals surface area contributed by atoms with Crippen LogP contribution in [0.4, 0.5) is 0 Å². The molecule has 0 heterocycles. The molecule has 0 nitrogen and oxygen atoms in total. The summed E-state index contributed by atoms with van der Waals surface area (Å²) in [5.41, 5.74) is 0.396. The highest BCUT2D eigenvalue weighted by molar-refractivity contribution is 7.41. The van der Waals surface area contributed by atoms with Gasteiger partial charge in [0.15, 0.2) is 0 Å². The molecule has 0 amide bonds. The third kappa shape index (κ3) is 3.54. The molecular formula is C13H29P. The van der Waals surface area contributed by atoms with Gasteiger partial charge in [0, 0.05) is 0 Å². The second kappa shape index (κ2) is 4.12. The maximum Gasteiger partial charge on any atom is -0.00741 e. The Balaban J connectivity index is 4.94. The molecule has 0 aromatic carbocycles. The first-order chi connectivity index (χ1) is 5.90. The van der Waals surface area contributed by atoms with Crippen molar-refractivity contribution in [2.75, 3.05) is 0 Å². The van der Waals surface area contributed by atoms with E-state index >= 15 is 0 Å². The van der Waals surface area contributed by atoms with Crippen LogP contribution in [0.25, 0.3) is 0 Å². The van der Waals surface area contributed by atoms with Crippen molar-refractivity contribution in [1.29, 1.82) is 0 Å². The minimum atomic E-state index is 0.396. The largest absolute Gasteiger partial charge is 0.110 e. The predicted octanol–water partition coefficient (Wildman–Crippen LogP) is 4.92. The van der Waals surface area contributed by atoms with Crippen LogP contribution in [0.1, 0.15) is 62.3 Å². The van der Waals surface area contributed by atoms with Crippen LogP contribution in [0, 0.1) is 11.3 Å². The molecule has 0 saturated carbocycles. The van der Waals surface area contributed by atoms with Crippen molar-refractivity contribution in [3.63, 3.8) is 0 Å². The van der Waals surface area contributed by atoms with Gasteiger partial charge in [-0.2, -0.15) is 0 Å². The number of rotatable bonds is 2. The second-order valence-corrected chi connectivity index (χ2v) is 9.77. The van der Waals surface area contributed by atoms with Gasteiger partial charge < -0.3 is 0 Å². The van der Waals surface area contributed by atoms with E-state index in [-0.39, 0.29) is 0 Å². The SMILES string of the molecule is CC(C)C(C)(PC(C)(C)C)C(C)(C)C. The van der Waals surface area contributed by atoms with E-state index in [0.717, 1.165) is 14.5 Å². The fraction of sp³-hybridized carbons (Fsp3) is 1.00. The van der Waals surface area contributed by atoms with E-state index in [4.69, 9.17) is 0 Å². The van der Waals surface area contributed by atoms with E-state index in [1.165, 1.54) is 0 Å². The summed E-state index contributed by atoms with van der Waals surface area (Å²) in [7, 11) is 1.02. The van der Waals surface area contributed by atoms with E-state index in [0.29, 0.717) is 15.7 Å². The molecule has 0 aromatic heterocycles. The molecule has 0 rings (SSSR count). The molecule has 0 N–H and O–H groups in total. The zero-order chi connectivity index (χ0) is 11.8. The van der Waals surface area contributed by atoms with Crippen LogP contribution in [0.3, 0.4) is 0 Å². The van der Waals surface area contributed by atoms with Crippen molar-refractivity contribution in [2.24, 2.45) is 11.3 Å². The van der Waals surface area contributed by atoms with E-state index in [9.17, 15) is 0 Å². The second-order valence-electron chi connectivity index (χ2n) is 6.98.